The molecule has 0 saturated carbocycles. The van der Waals surface area contributed by atoms with Gasteiger partial charge in [0.1, 0.15) is 0 Å². The molecule has 0 bridgehead atoms. The molecule has 0 spiro atoms. The van der Waals surface area contributed by atoms with E-state index in [9.17, 15) is 0 Å². The van der Waals surface area contributed by atoms with Crippen LogP contribution < -0.4 is 5.19 Å². The van der Waals surface area contributed by atoms with E-state index in [-0.39, 0.29) is 25.5 Å². The second-order valence-electron chi connectivity index (χ2n) is 12.3. The van der Waals surface area contributed by atoms with Gasteiger partial charge in [0.25, 0.3) is 0 Å². The SMILES string of the molecule is CC(C)(C)c1ccnc(-c2[c-]ccc3c2oc2ncccc23)c1.CCc1cc(-c2[c-]cccc2)ncc1[Si](C)(C)C.[Ir]. The third-order valence-corrected chi connectivity index (χ3v) is 9.32. The number of fused-ring (bicyclic) bond motifs is 3. The fraction of sp³-hybridized carbons (Fsp3) is 0.250. The van der Waals surface area contributed by atoms with Gasteiger partial charge < -0.3 is 14.4 Å². The molecule has 0 fully saturated rings. The Bertz CT molecular complexity index is 1800. The molecule has 4 aromatic heterocycles. The van der Waals surface area contributed by atoms with Crippen molar-refractivity contribution in [2.75, 3.05) is 0 Å². The van der Waals surface area contributed by atoms with Crippen LogP contribution in [0.3, 0.4) is 0 Å². The van der Waals surface area contributed by atoms with E-state index in [0.29, 0.717) is 5.71 Å². The second kappa shape index (κ2) is 12.8. The van der Waals surface area contributed by atoms with Gasteiger partial charge in [-0.2, -0.15) is 0 Å². The molecule has 4 nitrogen and oxygen atoms in total. The summed E-state index contributed by atoms with van der Waals surface area (Å²) in [6.45, 7) is 15.9. The summed E-state index contributed by atoms with van der Waals surface area (Å²) < 4.78 is 5.98. The fourth-order valence-electron chi connectivity index (χ4n) is 4.97. The van der Waals surface area contributed by atoms with Crippen LogP contribution in [0.15, 0.2) is 89.7 Å². The number of pyridine rings is 3. The van der Waals surface area contributed by atoms with Crippen molar-refractivity contribution in [3.8, 4) is 22.5 Å². The molecule has 2 aromatic carbocycles. The van der Waals surface area contributed by atoms with Crippen molar-refractivity contribution in [1.29, 1.82) is 0 Å². The third kappa shape index (κ3) is 6.78. The quantitative estimate of drug-likeness (QED) is 0.134. The first kappa shape index (κ1) is 31.5. The van der Waals surface area contributed by atoms with Gasteiger partial charge in [-0.05, 0) is 52.2 Å². The Morgan fingerprint density at radius 3 is 2.31 bits per heavy atom. The first-order valence-corrected chi connectivity index (χ1v) is 17.7. The first-order chi connectivity index (χ1) is 19.6. The number of hydrogen-bond donors (Lipinski definition) is 0. The number of rotatable bonds is 4. The third-order valence-electron chi connectivity index (χ3n) is 7.26. The molecule has 6 heteroatoms. The van der Waals surface area contributed by atoms with Crippen molar-refractivity contribution in [1.82, 2.24) is 15.0 Å². The maximum atomic E-state index is 5.98. The minimum atomic E-state index is -1.30. The van der Waals surface area contributed by atoms with Crippen LogP contribution in [0.1, 0.15) is 38.8 Å². The number of nitrogens with zero attached hydrogens (tertiary/aromatic N) is 3. The minimum Gasteiger partial charge on any atom is -0.486 e. The Morgan fingerprint density at radius 1 is 0.810 bits per heavy atom. The molecule has 6 rings (SSSR count). The Kier molecular flexibility index (Phi) is 9.62. The fourth-order valence-corrected chi connectivity index (χ4v) is 6.63. The summed E-state index contributed by atoms with van der Waals surface area (Å²) >= 11 is 0. The van der Waals surface area contributed by atoms with Crippen LogP contribution in [-0.4, -0.2) is 23.0 Å². The maximum Gasteiger partial charge on any atom is 0.216 e. The van der Waals surface area contributed by atoms with Crippen molar-refractivity contribution >= 4 is 35.3 Å². The zero-order chi connectivity index (χ0) is 29.2. The van der Waals surface area contributed by atoms with Crippen LogP contribution in [0.5, 0.6) is 0 Å². The van der Waals surface area contributed by atoms with Gasteiger partial charge in [-0.25, -0.2) is 4.98 Å². The van der Waals surface area contributed by atoms with E-state index < -0.39 is 8.07 Å². The Labute approximate surface area is 264 Å². The molecule has 0 amide bonds. The molecule has 217 valence electrons. The monoisotopic (exact) mass is 748 g/mol. The Balaban J connectivity index is 0.000000194. The molecule has 42 heavy (non-hydrogen) atoms. The van der Waals surface area contributed by atoms with Crippen LogP contribution in [0, 0.1) is 12.1 Å². The maximum absolute atomic E-state index is 5.98. The molecule has 1 radical (unpaired) electrons. The van der Waals surface area contributed by atoms with Gasteiger partial charge in [-0.15, -0.1) is 54.1 Å². The molecule has 0 aliphatic carbocycles. The van der Waals surface area contributed by atoms with Crippen LogP contribution in [-0.2, 0) is 31.9 Å². The van der Waals surface area contributed by atoms with E-state index in [1.807, 2.05) is 48.7 Å². The standard InChI is InChI=1S/C20H17N2O.C16H20NSi.Ir/c1-20(2,3)13-9-11-21-17(12-13)16-7-4-6-14-15-8-5-10-22-19(15)23-18(14)16;1-5-13-11-15(14-9-7-6-8-10-14)17-12-16(13)18(2,3)4;/h4-6,8-12H,1-3H3;6-9,11-12H,5H2,1-4H3;/q2*-1;. The Hall–Kier alpha value is -3.44. The predicted octanol–water partition coefficient (Wildman–Crippen LogP) is 8.79. The van der Waals surface area contributed by atoms with E-state index in [1.54, 1.807) is 6.20 Å². The van der Waals surface area contributed by atoms with Gasteiger partial charge in [0, 0.05) is 44.1 Å². The average Bonchev–Trinajstić information content (AvgIpc) is 3.36. The first-order valence-electron chi connectivity index (χ1n) is 14.2. The molecular weight excluding hydrogens is 711 g/mol. The number of furan rings is 1. The van der Waals surface area contributed by atoms with E-state index in [4.69, 9.17) is 4.42 Å². The van der Waals surface area contributed by atoms with Crippen LogP contribution in [0.25, 0.3) is 44.6 Å². The van der Waals surface area contributed by atoms with Gasteiger partial charge in [-0.1, -0.05) is 76.0 Å². The summed E-state index contributed by atoms with van der Waals surface area (Å²) in [6, 6.07) is 28.8. The number of aryl methyl sites for hydroxylation is 1. The van der Waals surface area contributed by atoms with Gasteiger partial charge in [0.05, 0.1) is 13.7 Å². The molecule has 6 aromatic rings. The molecule has 0 atom stereocenters. The zero-order valence-electron chi connectivity index (χ0n) is 25.4. The summed E-state index contributed by atoms with van der Waals surface area (Å²) in [5.41, 5.74) is 8.06. The van der Waals surface area contributed by atoms with E-state index in [1.165, 1.54) is 16.3 Å². The number of benzene rings is 2. The summed E-state index contributed by atoms with van der Waals surface area (Å²) in [5.74, 6) is 0. The van der Waals surface area contributed by atoms with Crippen LogP contribution in [0.4, 0.5) is 0 Å². The molecular formula is C36H37IrN3OSi-2. The largest absolute Gasteiger partial charge is 0.486 e. The number of hydrogen-bond acceptors (Lipinski definition) is 4. The van der Waals surface area contributed by atoms with Crippen LogP contribution in [0.2, 0.25) is 19.6 Å². The molecule has 0 unspecified atom stereocenters. The zero-order valence-corrected chi connectivity index (χ0v) is 28.8. The van der Waals surface area contributed by atoms with Gasteiger partial charge in [0.2, 0.25) is 5.71 Å². The molecule has 4 heterocycles. The summed E-state index contributed by atoms with van der Waals surface area (Å²) in [5, 5.41) is 3.54. The minimum absolute atomic E-state index is 0. The van der Waals surface area contributed by atoms with Gasteiger partial charge in [-0.3, -0.25) is 0 Å². The average molecular weight is 748 g/mol. The van der Waals surface area contributed by atoms with E-state index in [0.717, 1.165) is 45.3 Å². The second-order valence-corrected chi connectivity index (χ2v) is 17.4. The van der Waals surface area contributed by atoms with E-state index in [2.05, 4.69) is 105 Å². The molecule has 0 N–H and O–H groups in total. The van der Waals surface area contributed by atoms with Gasteiger partial charge in [0.15, 0.2) is 0 Å². The van der Waals surface area contributed by atoms with Crippen LogP contribution >= 0.6 is 0 Å². The molecule has 0 aliphatic heterocycles. The topological polar surface area (TPSA) is 51.8 Å². The molecule has 0 aliphatic rings. The van der Waals surface area contributed by atoms with Gasteiger partial charge >= 0.3 is 0 Å². The predicted molar refractivity (Wildman–Crippen MR) is 173 cm³/mol. The smallest absolute Gasteiger partial charge is 0.216 e. The summed E-state index contributed by atoms with van der Waals surface area (Å²) in [7, 11) is -1.30. The molecule has 0 saturated heterocycles. The van der Waals surface area contributed by atoms with Crippen molar-refractivity contribution in [2.24, 2.45) is 0 Å². The van der Waals surface area contributed by atoms with Crippen molar-refractivity contribution < 1.29 is 24.5 Å². The summed E-state index contributed by atoms with van der Waals surface area (Å²) in [4.78, 5) is 13.5. The van der Waals surface area contributed by atoms with Crippen molar-refractivity contribution in [3.63, 3.8) is 0 Å². The Morgan fingerprint density at radius 2 is 1.62 bits per heavy atom. The van der Waals surface area contributed by atoms with E-state index >= 15 is 0 Å². The number of aromatic nitrogens is 3. The normalized spacial score (nSPS) is 11.6. The summed E-state index contributed by atoms with van der Waals surface area (Å²) in [6.07, 6.45) is 6.75. The van der Waals surface area contributed by atoms with Crippen molar-refractivity contribution in [2.45, 2.75) is 59.2 Å². The van der Waals surface area contributed by atoms with Crippen molar-refractivity contribution in [3.05, 3.63) is 109 Å².